The Bertz CT molecular complexity index is 331. The van der Waals surface area contributed by atoms with Crippen LogP contribution in [0.2, 0.25) is 0 Å². The van der Waals surface area contributed by atoms with Crippen molar-refractivity contribution in [3.8, 4) is 0 Å². The summed E-state index contributed by atoms with van der Waals surface area (Å²) in [6.07, 6.45) is 1.31. The molecule has 7 nitrogen and oxygen atoms in total. The van der Waals surface area contributed by atoms with Gasteiger partial charge in [-0.1, -0.05) is 0 Å². The molecule has 0 aromatic heterocycles. The number of amides is 2. The average molecular weight is 271 g/mol. The van der Waals surface area contributed by atoms with Crippen molar-refractivity contribution in [3.63, 3.8) is 0 Å². The fourth-order valence-electron chi connectivity index (χ4n) is 2.51. The molecule has 2 fully saturated rings. The van der Waals surface area contributed by atoms with Gasteiger partial charge in [0, 0.05) is 32.7 Å². The first-order valence-corrected chi connectivity index (χ1v) is 6.76. The van der Waals surface area contributed by atoms with Crippen molar-refractivity contribution in [3.05, 3.63) is 0 Å². The van der Waals surface area contributed by atoms with Crippen molar-refractivity contribution < 1.29 is 19.4 Å². The molecule has 2 aliphatic heterocycles. The van der Waals surface area contributed by atoms with Crippen molar-refractivity contribution >= 4 is 12.0 Å². The van der Waals surface area contributed by atoms with Crippen LogP contribution in [0.1, 0.15) is 12.8 Å². The molecule has 2 heterocycles. The third kappa shape index (κ3) is 3.81. The van der Waals surface area contributed by atoms with Crippen LogP contribution in [0.25, 0.3) is 0 Å². The minimum absolute atomic E-state index is 0.266. The molecule has 0 aromatic carbocycles. The number of carboxylic acid groups (broad SMARTS) is 1. The highest BCUT2D eigenvalue weighted by atomic mass is 16.5. The van der Waals surface area contributed by atoms with Gasteiger partial charge in [-0.3, -0.25) is 4.90 Å². The zero-order valence-corrected chi connectivity index (χ0v) is 11.0. The minimum Gasteiger partial charge on any atom is -0.480 e. The van der Waals surface area contributed by atoms with Gasteiger partial charge in [0.1, 0.15) is 6.04 Å². The Balaban J connectivity index is 1.70. The van der Waals surface area contributed by atoms with Gasteiger partial charge in [0.2, 0.25) is 0 Å². The predicted octanol–water partition coefficient (Wildman–Crippen LogP) is -0.423. The van der Waals surface area contributed by atoms with Gasteiger partial charge in [-0.05, 0) is 12.8 Å². The van der Waals surface area contributed by atoms with Gasteiger partial charge in [0.15, 0.2) is 0 Å². The van der Waals surface area contributed by atoms with Gasteiger partial charge in [0.05, 0.1) is 13.2 Å². The first-order chi connectivity index (χ1) is 9.18. The number of morpholine rings is 1. The third-order valence-corrected chi connectivity index (χ3v) is 3.61. The maximum Gasteiger partial charge on any atom is 0.326 e. The van der Waals surface area contributed by atoms with Crippen LogP contribution in [0.4, 0.5) is 4.79 Å². The SMILES string of the molecule is O=C(O)[C@H]1CCCN1C(=O)NCCN1CCOCC1. The van der Waals surface area contributed by atoms with Crippen LogP contribution in [0.5, 0.6) is 0 Å². The number of carbonyl (C=O) groups is 2. The van der Waals surface area contributed by atoms with E-state index in [0.717, 1.165) is 39.3 Å². The summed E-state index contributed by atoms with van der Waals surface area (Å²) in [4.78, 5) is 26.5. The number of urea groups is 1. The lowest BCUT2D eigenvalue weighted by molar-refractivity contribution is -0.141. The Morgan fingerprint density at radius 2 is 2.00 bits per heavy atom. The van der Waals surface area contributed by atoms with E-state index in [0.29, 0.717) is 19.5 Å². The topological polar surface area (TPSA) is 82.1 Å². The number of nitrogens with one attached hydrogen (secondary N) is 1. The quantitative estimate of drug-likeness (QED) is 0.725. The summed E-state index contributed by atoms with van der Waals surface area (Å²) < 4.78 is 5.25. The van der Waals surface area contributed by atoms with E-state index in [1.165, 1.54) is 4.90 Å². The Morgan fingerprint density at radius 1 is 1.26 bits per heavy atom. The molecule has 19 heavy (non-hydrogen) atoms. The van der Waals surface area contributed by atoms with Crippen LogP contribution in [-0.2, 0) is 9.53 Å². The Hall–Kier alpha value is -1.34. The lowest BCUT2D eigenvalue weighted by atomic mass is 10.2. The Labute approximate surface area is 112 Å². The summed E-state index contributed by atoms with van der Waals surface area (Å²) >= 11 is 0. The van der Waals surface area contributed by atoms with Crippen LogP contribution in [0.3, 0.4) is 0 Å². The number of carboxylic acids is 1. The molecular formula is C12H21N3O4. The molecule has 0 spiro atoms. The van der Waals surface area contributed by atoms with Crippen molar-refractivity contribution in [2.24, 2.45) is 0 Å². The van der Waals surface area contributed by atoms with Gasteiger partial charge in [-0.15, -0.1) is 0 Å². The van der Waals surface area contributed by atoms with Crippen molar-refractivity contribution in [2.45, 2.75) is 18.9 Å². The van der Waals surface area contributed by atoms with E-state index in [4.69, 9.17) is 9.84 Å². The van der Waals surface area contributed by atoms with Crippen LogP contribution in [-0.4, -0.2) is 78.9 Å². The zero-order valence-electron chi connectivity index (χ0n) is 11.0. The summed E-state index contributed by atoms with van der Waals surface area (Å²) in [6, 6.07) is -0.929. The fraction of sp³-hybridized carbons (Fsp3) is 0.833. The highest BCUT2D eigenvalue weighted by Crippen LogP contribution is 2.17. The van der Waals surface area contributed by atoms with E-state index in [9.17, 15) is 9.59 Å². The molecule has 2 aliphatic rings. The summed E-state index contributed by atoms with van der Waals surface area (Å²) in [5, 5.41) is 11.8. The molecule has 0 aromatic rings. The predicted molar refractivity (Wildman–Crippen MR) is 68.0 cm³/mol. The minimum atomic E-state index is -0.916. The van der Waals surface area contributed by atoms with Crippen LogP contribution < -0.4 is 5.32 Å². The second kappa shape index (κ2) is 6.72. The summed E-state index contributed by atoms with van der Waals surface area (Å²) in [6.45, 7) is 5.10. The number of nitrogens with zero attached hydrogens (tertiary/aromatic N) is 2. The van der Waals surface area contributed by atoms with Gasteiger partial charge >= 0.3 is 12.0 Å². The molecule has 0 aliphatic carbocycles. The second-order valence-corrected chi connectivity index (χ2v) is 4.88. The number of likely N-dealkylation sites (tertiary alicyclic amines) is 1. The number of carbonyl (C=O) groups excluding carboxylic acids is 1. The third-order valence-electron chi connectivity index (χ3n) is 3.61. The van der Waals surface area contributed by atoms with Gasteiger partial charge in [0.25, 0.3) is 0 Å². The largest absolute Gasteiger partial charge is 0.480 e. The Kier molecular flexibility index (Phi) is 4.98. The molecule has 0 bridgehead atoms. The zero-order chi connectivity index (χ0) is 13.7. The summed E-state index contributed by atoms with van der Waals surface area (Å²) in [7, 11) is 0. The maximum absolute atomic E-state index is 11.9. The standard InChI is InChI=1S/C12H21N3O4/c16-11(17)10-2-1-4-15(10)12(18)13-3-5-14-6-8-19-9-7-14/h10H,1-9H2,(H,13,18)(H,16,17)/t10-/m1/s1. The average Bonchev–Trinajstić information content (AvgIpc) is 2.89. The number of aliphatic carboxylic acids is 1. The number of rotatable bonds is 4. The normalized spacial score (nSPS) is 24.4. The first-order valence-electron chi connectivity index (χ1n) is 6.76. The Morgan fingerprint density at radius 3 is 2.68 bits per heavy atom. The van der Waals surface area contributed by atoms with E-state index in [2.05, 4.69) is 10.2 Å². The van der Waals surface area contributed by atoms with Crippen LogP contribution in [0, 0.1) is 0 Å². The first kappa shape index (κ1) is 14.1. The molecule has 0 unspecified atom stereocenters. The van der Waals surface area contributed by atoms with Gasteiger partial charge in [-0.2, -0.15) is 0 Å². The monoisotopic (exact) mass is 271 g/mol. The molecule has 2 N–H and O–H groups in total. The molecule has 7 heteroatoms. The summed E-state index contributed by atoms with van der Waals surface area (Å²) in [5.41, 5.74) is 0. The maximum atomic E-state index is 11.9. The fourth-order valence-corrected chi connectivity index (χ4v) is 2.51. The van der Waals surface area contributed by atoms with Gasteiger partial charge < -0.3 is 20.1 Å². The van der Waals surface area contributed by atoms with Crippen molar-refractivity contribution in [1.29, 1.82) is 0 Å². The van der Waals surface area contributed by atoms with E-state index in [1.54, 1.807) is 0 Å². The van der Waals surface area contributed by atoms with E-state index in [1.807, 2.05) is 0 Å². The highest BCUT2D eigenvalue weighted by molar-refractivity contribution is 5.83. The smallest absolute Gasteiger partial charge is 0.326 e. The lowest BCUT2D eigenvalue weighted by Gasteiger charge is -2.27. The lowest BCUT2D eigenvalue weighted by Crippen LogP contribution is -2.48. The second-order valence-electron chi connectivity index (χ2n) is 4.88. The summed E-state index contributed by atoms with van der Waals surface area (Å²) in [5.74, 6) is -0.916. The number of ether oxygens (including phenoxy) is 1. The van der Waals surface area contributed by atoms with E-state index < -0.39 is 12.0 Å². The van der Waals surface area contributed by atoms with Crippen molar-refractivity contribution in [1.82, 2.24) is 15.1 Å². The molecule has 0 radical (unpaired) electrons. The molecule has 2 rings (SSSR count). The van der Waals surface area contributed by atoms with Gasteiger partial charge in [-0.25, -0.2) is 9.59 Å². The number of hydrogen-bond acceptors (Lipinski definition) is 4. The molecule has 0 saturated carbocycles. The number of hydrogen-bond donors (Lipinski definition) is 2. The van der Waals surface area contributed by atoms with Crippen molar-refractivity contribution in [2.75, 3.05) is 45.9 Å². The van der Waals surface area contributed by atoms with E-state index in [-0.39, 0.29) is 6.03 Å². The molecule has 1 atom stereocenters. The van der Waals surface area contributed by atoms with Crippen LogP contribution in [0.15, 0.2) is 0 Å². The molecule has 2 saturated heterocycles. The van der Waals surface area contributed by atoms with Crippen LogP contribution >= 0.6 is 0 Å². The molecule has 108 valence electrons. The molecule has 2 amide bonds. The highest BCUT2D eigenvalue weighted by Gasteiger charge is 2.33. The molecular weight excluding hydrogens is 250 g/mol. The van der Waals surface area contributed by atoms with E-state index >= 15 is 0 Å².